The van der Waals surface area contributed by atoms with E-state index in [1.807, 2.05) is 0 Å². The number of halogens is 3. The van der Waals surface area contributed by atoms with E-state index in [0.29, 0.717) is 25.1 Å². The van der Waals surface area contributed by atoms with E-state index in [0.717, 1.165) is 12.1 Å². The highest BCUT2D eigenvalue weighted by molar-refractivity contribution is 5.79. The van der Waals surface area contributed by atoms with Crippen LogP contribution in [0.4, 0.5) is 19.0 Å². The highest BCUT2D eigenvalue weighted by Gasteiger charge is 2.26. The summed E-state index contributed by atoms with van der Waals surface area (Å²) in [4.78, 5) is 17.8. The fraction of sp³-hybridized carbons (Fsp3) is 0.294. The smallest absolute Gasteiger partial charge is 0.224 e. The molecule has 1 aliphatic rings. The van der Waals surface area contributed by atoms with Gasteiger partial charge in [-0.15, -0.1) is 0 Å². The number of hydrogen-bond donors (Lipinski definition) is 1. The molecule has 0 aliphatic carbocycles. The van der Waals surface area contributed by atoms with Gasteiger partial charge in [-0.05, 0) is 36.2 Å². The standard InChI is InChI=1S/C17H16F3N3O/c18-13-4-3-11(8-15(13)20)9-16(24)22-12-5-7-23(10-12)17-14(19)2-1-6-21-17/h1-4,6,8,12H,5,7,9-10H2,(H,22,24). The van der Waals surface area contributed by atoms with Crippen LogP contribution in [0.1, 0.15) is 12.0 Å². The van der Waals surface area contributed by atoms with E-state index in [4.69, 9.17) is 0 Å². The van der Waals surface area contributed by atoms with Crippen molar-refractivity contribution in [2.45, 2.75) is 18.9 Å². The average molecular weight is 335 g/mol. The zero-order valence-electron chi connectivity index (χ0n) is 12.8. The number of carbonyl (C=O) groups excluding carboxylic acids is 1. The Labute approximate surface area is 137 Å². The third-order valence-corrected chi connectivity index (χ3v) is 3.94. The molecule has 1 fully saturated rings. The lowest BCUT2D eigenvalue weighted by atomic mass is 10.1. The monoisotopic (exact) mass is 335 g/mol. The van der Waals surface area contributed by atoms with Gasteiger partial charge in [0.15, 0.2) is 23.3 Å². The number of carbonyl (C=O) groups is 1. The Morgan fingerprint density at radius 2 is 2.04 bits per heavy atom. The summed E-state index contributed by atoms with van der Waals surface area (Å²) in [5.74, 6) is -2.32. The molecular formula is C17H16F3N3O. The summed E-state index contributed by atoms with van der Waals surface area (Å²) in [5.41, 5.74) is 0.400. The Hall–Kier alpha value is -2.57. The largest absolute Gasteiger partial charge is 0.352 e. The third kappa shape index (κ3) is 3.67. The predicted octanol–water partition coefficient (Wildman–Crippen LogP) is 2.44. The van der Waals surface area contributed by atoms with Gasteiger partial charge in [0.1, 0.15) is 0 Å². The van der Waals surface area contributed by atoms with E-state index in [2.05, 4.69) is 10.3 Å². The van der Waals surface area contributed by atoms with Crippen molar-refractivity contribution in [3.8, 4) is 0 Å². The fourth-order valence-corrected chi connectivity index (χ4v) is 2.79. The molecule has 4 nitrogen and oxygen atoms in total. The summed E-state index contributed by atoms with van der Waals surface area (Å²) in [5, 5.41) is 2.83. The molecule has 1 unspecified atom stereocenters. The number of amides is 1. The molecule has 1 amide bonds. The summed E-state index contributed by atoms with van der Waals surface area (Å²) >= 11 is 0. The van der Waals surface area contributed by atoms with E-state index >= 15 is 0 Å². The van der Waals surface area contributed by atoms with Crippen molar-refractivity contribution in [2.24, 2.45) is 0 Å². The van der Waals surface area contributed by atoms with Crippen molar-refractivity contribution in [1.82, 2.24) is 10.3 Å². The lowest BCUT2D eigenvalue weighted by Gasteiger charge is -2.18. The van der Waals surface area contributed by atoms with Gasteiger partial charge in [-0.3, -0.25) is 4.79 Å². The molecule has 1 saturated heterocycles. The summed E-state index contributed by atoms with van der Waals surface area (Å²) in [6.07, 6.45) is 2.15. The van der Waals surface area contributed by atoms with E-state index in [1.54, 1.807) is 4.90 Å². The summed E-state index contributed by atoms with van der Waals surface area (Å²) < 4.78 is 39.8. The van der Waals surface area contributed by atoms with E-state index < -0.39 is 17.5 Å². The highest BCUT2D eigenvalue weighted by atomic mass is 19.2. The number of pyridine rings is 1. The summed E-state index contributed by atoms with van der Waals surface area (Å²) in [6.45, 7) is 1.04. The van der Waals surface area contributed by atoms with Gasteiger partial charge >= 0.3 is 0 Å². The zero-order valence-corrected chi connectivity index (χ0v) is 12.8. The first-order valence-corrected chi connectivity index (χ1v) is 7.61. The molecular weight excluding hydrogens is 319 g/mol. The SMILES string of the molecule is O=C(Cc1ccc(F)c(F)c1)NC1CCN(c2ncccc2F)C1. The molecule has 0 radical (unpaired) electrons. The molecule has 0 saturated carbocycles. The maximum absolute atomic E-state index is 13.7. The lowest BCUT2D eigenvalue weighted by Crippen LogP contribution is -2.38. The second-order valence-corrected chi connectivity index (χ2v) is 5.73. The number of aromatic nitrogens is 1. The molecule has 1 N–H and O–H groups in total. The first-order valence-electron chi connectivity index (χ1n) is 7.61. The van der Waals surface area contributed by atoms with Crippen LogP contribution in [0.3, 0.4) is 0 Å². The normalized spacial score (nSPS) is 17.1. The van der Waals surface area contributed by atoms with Crippen molar-refractivity contribution < 1.29 is 18.0 Å². The number of anilines is 1. The Balaban J connectivity index is 1.56. The average Bonchev–Trinajstić information content (AvgIpc) is 2.99. The Morgan fingerprint density at radius 1 is 1.21 bits per heavy atom. The van der Waals surface area contributed by atoms with Crippen LogP contribution >= 0.6 is 0 Å². The number of benzene rings is 1. The van der Waals surface area contributed by atoms with E-state index in [-0.39, 0.29) is 24.2 Å². The number of hydrogen-bond acceptors (Lipinski definition) is 3. The van der Waals surface area contributed by atoms with Gasteiger partial charge in [-0.2, -0.15) is 0 Å². The topological polar surface area (TPSA) is 45.2 Å². The molecule has 2 aromatic rings. The molecule has 1 aliphatic heterocycles. The predicted molar refractivity (Wildman–Crippen MR) is 83.0 cm³/mol. The maximum atomic E-state index is 13.7. The van der Waals surface area contributed by atoms with Gasteiger partial charge in [-0.25, -0.2) is 18.2 Å². The Kier molecular flexibility index (Phi) is 4.69. The number of nitrogens with one attached hydrogen (secondary N) is 1. The lowest BCUT2D eigenvalue weighted by molar-refractivity contribution is -0.121. The van der Waals surface area contributed by atoms with Crippen LogP contribution < -0.4 is 10.2 Å². The molecule has 2 heterocycles. The molecule has 0 spiro atoms. The molecule has 1 atom stereocenters. The molecule has 126 valence electrons. The first-order chi connectivity index (χ1) is 11.5. The molecule has 1 aromatic heterocycles. The van der Waals surface area contributed by atoms with Crippen molar-refractivity contribution >= 4 is 11.7 Å². The molecule has 3 rings (SSSR count). The van der Waals surface area contributed by atoms with Crippen LogP contribution in [0.15, 0.2) is 36.5 Å². The quantitative estimate of drug-likeness (QED) is 0.933. The Morgan fingerprint density at radius 3 is 2.79 bits per heavy atom. The van der Waals surface area contributed by atoms with Crippen LogP contribution in [0.5, 0.6) is 0 Å². The van der Waals surface area contributed by atoms with Crippen molar-refractivity contribution in [2.75, 3.05) is 18.0 Å². The molecule has 0 bridgehead atoms. The van der Waals surface area contributed by atoms with Crippen LogP contribution in [0.25, 0.3) is 0 Å². The van der Waals surface area contributed by atoms with Crippen LogP contribution in [-0.2, 0) is 11.2 Å². The molecule has 1 aromatic carbocycles. The van der Waals surface area contributed by atoms with Crippen LogP contribution in [0.2, 0.25) is 0 Å². The zero-order chi connectivity index (χ0) is 17.1. The van der Waals surface area contributed by atoms with E-state index in [1.165, 1.54) is 24.4 Å². The number of rotatable bonds is 4. The fourth-order valence-electron chi connectivity index (χ4n) is 2.79. The minimum absolute atomic E-state index is 0.0361. The molecule has 24 heavy (non-hydrogen) atoms. The maximum Gasteiger partial charge on any atom is 0.224 e. The van der Waals surface area contributed by atoms with Gasteiger partial charge in [0, 0.05) is 25.3 Å². The van der Waals surface area contributed by atoms with Crippen LogP contribution in [0, 0.1) is 17.5 Å². The van der Waals surface area contributed by atoms with Gasteiger partial charge < -0.3 is 10.2 Å². The Bertz CT molecular complexity index is 754. The third-order valence-electron chi connectivity index (χ3n) is 3.94. The summed E-state index contributed by atoms with van der Waals surface area (Å²) in [6, 6.07) is 6.12. The van der Waals surface area contributed by atoms with E-state index in [9.17, 15) is 18.0 Å². The second kappa shape index (κ2) is 6.90. The van der Waals surface area contributed by atoms with Gasteiger partial charge in [0.05, 0.1) is 6.42 Å². The van der Waals surface area contributed by atoms with Gasteiger partial charge in [0.25, 0.3) is 0 Å². The highest BCUT2D eigenvalue weighted by Crippen LogP contribution is 2.20. The van der Waals surface area contributed by atoms with Crippen molar-refractivity contribution in [3.05, 3.63) is 59.5 Å². The van der Waals surface area contributed by atoms with Gasteiger partial charge in [0.2, 0.25) is 5.91 Å². The molecule has 7 heteroatoms. The van der Waals surface area contributed by atoms with Crippen molar-refractivity contribution in [3.63, 3.8) is 0 Å². The number of nitrogens with zero attached hydrogens (tertiary/aromatic N) is 2. The summed E-state index contributed by atoms with van der Waals surface area (Å²) in [7, 11) is 0. The van der Waals surface area contributed by atoms with Crippen molar-refractivity contribution in [1.29, 1.82) is 0 Å². The van der Waals surface area contributed by atoms with Gasteiger partial charge in [-0.1, -0.05) is 6.07 Å². The van der Waals surface area contributed by atoms with Crippen LogP contribution in [-0.4, -0.2) is 30.0 Å². The minimum atomic E-state index is -0.974. The second-order valence-electron chi connectivity index (χ2n) is 5.73. The first kappa shape index (κ1) is 16.3. The minimum Gasteiger partial charge on any atom is -0.352 e.